The second-order valence-corrected chi connectivity index (χ2v) is 2.34. The minimum atomic E-state index is 0.415. The van der Waals surface area contributed by atoms with Gasteiger partial charge in [0.15, 0.2) is 0 Å². The van der Waals surface area contributed by atoms with E-state index >= 15 is 0 Å². The zero-order valence-electron chi connectivity index (χ0n) is 6.03. The lowest BCUT2D eigenvalue weighted by molar-refractivity contribution is 0.567. The highest BCUT2D eigenvalue weighted by Crippen LogP contribution is 2.14. The maximum atomic E-state index is 5.42. The number of rotatable bonds is 0. The first kappa shape index (κ1) is 6.15. The van der Waals surface area contributed by atoms with Crippen LogP contribution in [0.25, 0.3) is 11.2 Å². The molecular formula is C7H7N3O. The lowest BCUT2D eigenvalue weighted by Gasteiger charge is -1.87. The first-order chi connectivity index (χ1) is 5.25. The fourth-order valence-electron chi connectivity index (χ4n) is 0.954. The van der Waals surface area contributed by atoms with Crippen LogP contribution in [0.15, 0.2) is 16.7 Å². The monoisotopic (exact) mass is 149 g/mol. The molecule has 2 rings (SSSR count). The molecule has 0 unspecified atom stereocenters. The van der Waals surface area contributed by atoms with Gasteiger partial charge in [0, 0.05) is 6.07 Å². The Labute approximate surface area is 63.1 Å². The van der Waals surface area contributed by atoms with Crippen molar-refractivity contribution in [2.45, 2.75) is 6.92 Å². The van der Waals surface area contributed by atoms with Gasteiger partial charge in [-0.2, -0.15) is 0 Å². The van der Waals surface area contributed by atoms with Crippen molar-refractivity contribution >= 4 is 17.0 Å². The van der Waals surface area contributed by atoms with E-state index in [1.165, 1.54) is 6.20 Å². The van der Waals surface area contributed by atoms with Gasteiger partial charge in [-0.1, -0.05) is 0 Å². The Morgan fingerprint density at radius 2 is 2.36 bits per heavy atom. The van der Waals surface area contributed by atoms with Crippen LogP contribution in [0.2, 0.25) is 0 Å². The molecule has 2 aromatic heterocycles. The highest BCUT2D eigenvalue weighted by atomic mass is 16.3. The van der Waals surface area contributed by atoms with Gasteiger partial charge >= 0.3 is 0 Å². The third kappa shape index (κ3) is 0.920. The summed E-state index contributed by atoms with van der Waals surface area (Å²) in [6.45, 7) is 1.85. The summed E-state index contributed by atoms with van der Waals surface area (Å²) in [6, 6.07) is 1.80. The summed E-state index contributed by atoms with van der Waals surface area (Å²) >= 11 is 0. The largest absolute Gasteiger partial charge is 0.442 e. The number of aromatic nitrogens is 2. The normalized spacial score (nSPS) is 10.6. The first-order valence-corrected chi connectivity index (χ1v) is 3.24. The van der Waals surface area contributed by atoms with Crippen molar-refractivity contribution in [1.29, 1.82) is 0 Å². The molecule has 0 aliphatic heterocycles. The molecule has 4 nitrogen and oxygen atoms in total. The fraction of sp³-hybridized carbons (Fsp3) is 0.143. The first-order valence-electron chi connectivity index (χ1n) is 3.24. The summed E-state index contributed by atoms with van der Waals surface area (Å²) in [7, 11) is 0. The molecule has 0 aliphatic carbocycles. The van der Waals surface area contributed by atoms with Crippen LogP contribution in [-0.2, 0) is 0 Å². The summed E-state index contributed by atoms with van der Waals surface area (Å²) in [5.41, 5.74) is 6.67. The number of hydrogen-bond acceptors (Lipinski definition) is 4. The van der Waals surface area contributed by atoms with Crippen molar-refractivity contribution in [3.63, 3.8) is 0 Å². The molecule has 0 saturated heterocycles. The molecule has 2 aromatic rings. The summed E-state index contributed by atoms with van der Waals surface area (Å²) in [4.78, 5) is 7.97. The quantitative estimate of drug-likeness (QED) is 0.609. The van der Waals surface area contributed by atoms with Crippen LogP contribution < -0.4 is 5.73 Å². The average molecular weight is 149 g/mol. The molecule has 0 radical (unpaired) electrons. The van der Waals surface area contributed by atoms with Crippen LogP contribution in [0.3, 0.4) is 0 Å². The third-order valence-electron chi connectivity index (χ3n) is 1.38. The molecule has 4 heteroatoms. The summed E-state index contributed by atoms with van der Waals surface area (Å²) < 4.78 is 5.19. The minimum absolute atomic E-state index is 0.415. The Balaban J connectivity index is 2.82. The van der Waals surface area contributed by atoms with Crippen LogP contribution in [-0.4, -0.2) is 9.97 Å². The molecule has 11 heavy (non-hydrogen) atoms. The highest BCUT2D eigenvalue weighted by Gasteiger charge is 2.01. The summed E-state index contributed by atoms with van der Waals surface area (Å²) in [5.74, 6) is 1.21. The number of fused-ring (bicyclic) bond motifs is 1. The molecule has 0 atom stereocenters. The van der Waals surface area contributed by atoms with Crippen LogP contribution in [0, 0.1) is 6.92 Å². The van der Waals surface area contributed by atoms with Crippen LogP contribution in [0.5, 0.6) is 0 Å². The second-order valence-electron chi connectivity index (χ2n) is 2.34. The van der Waals surface area contributed by atoms with E-state index in [0.29, 0.717) is 17.0 Å². The second kappa shape index (κ2) is 1.95. The third-order valence-corrected chi connectivity index (χ3v) is 1.38. The molecule has 2 N–H and O–H groups in total. The molecule has 56 valence electrons. The SMILES string of the molecule is Cc1cc2nc(N)cnc2o1. The number of furan rings is 1. The van der Waals surface area contributed by atoms with Gasteiger partial charge in [-0.3, -0.25) is 0 Å². The van der Waals surface area contributed by atoms with Gasteiger partial charge < -0.3 is 10.2 Å². The Morgan fingerprint density at radius 3 is 3.18 bits per heavy atom. The van der Waals surface area contributed by atoms with Gasteiger partial charge in [-0.05, 0) is 6.92 Å². The average Bonchev–Trinajstić information content (AvgIpc) is 2.27. The maximum Gasteiger partial charge on any atom is 0.245 e. The Kier molecular flexibility index (Phi) is 1.09. The van der Waals surface area contributed by atoms with E-state index in [4.69, 9.17) is 10.2 Å². The van der Waals surface area contributed by atoms with E-state index in [0.717, 1.165) is 5.76 Å². The number of nitrogens with zero attached hydrogens (tertiary/aromatic N) is 2. The van der Waals surface area contributed by atoms with E-state index in [1.54, 1.807) is 6.07 Å². The Morgan fingerprint density at radius 1 is 1.55 bits per heavy atom. The van der Waals surface area contributed by atoms with E-state index < -0.39 is 0 Å². The van der Waals surface area contributed by atoms with Crippen molar-refractivity contribution in [2.24, 2.45) is 0 Å². The lowest BCUT2D eigenvalue weighted by atomic mass is 10.4. The molecule has 0 saturated carbocycles. The lowest BCUT2D eigenvalue weighted by Crippen LogP contribution is -1.89. The van der Waals surface area contributed by atoms with Crippen molar-refractivity contribution in [3.8, 4) is 0 Å². The molecule has 2 heterocycles. The molecule has 0 bridgehead atoms. The Hall–Kier alpha value is -1.58. The number of anilines is 1. The molecule has 0 spiro atoms. The molecule has 0 amide bonds. The van der Waals surface area contributed by atoms with Crippen LogP contribution in [0.4, 0.5) is 5.82 Å². The predicted molar refractivity (Wildman–Crippen MR) is 41.0 cm³/mol. The highest BCUT2D eigenvalue weighted by molar-refractivity contribution is 5.70. The zero-order chi connectivity index (χ0) is 7.84. The number of nitrogen functional groups attached to an aromatic ring is 1. The van der Waals surface area contributed by atoms with Gasteiger partial charge in [0.25, 0.3) is 0 Å². The van der Waals surface area contributed by atoms with Crippen molar-refractivity contribution in [3.05, 3.63) is 18.0 Å². The zero-order valence-corrected chi connectivity index (χ0v) is 6.03. The predicted octanol–water partition coefficient (Wildman–Crippen LogP) is 1.11. The van der Waals surface area contributed by atoms with Gasteiger partial charge in [0.2, 0.25) is 5.71 Å². The van der Waals surface area contributed by atoms with Crippen molar-refractivity contribution in [1.82, 2.24) is 9.97 Å². The fourth-order valence-corrected chi connectivity index (χ4v) is 0.954. The maximum absolute atomic E-state index is 5.42. The summed E-state index contributed by atoms with van der Waals surface area (Å²) in [5, 5.41) is 0. The van der Waals surface area contributed by atoms with Gasteiger partial charge in [-0.25, -0.2) is 9.97 Å². The van der Waals surface area contributed by atoms with E-state index in [9.17, 15) is 0 Å². The summed E-state index contributed by atoms with van der Waals surface area (Å²) in [6.07, 6.45) is 1.48. The van der Waals surface area contributed by atoms with E-state index in [-0.39, 0.29) is 0 Å². The minimum Gasteiger partial charge on any atom is -0.442 e. The molecule has 0 aromatic carbocycles. The van der Waals surface area contributed by atoms with Crippen molar-refractivity contribution in [2.75, 3.05) is 5.73 Å². The van der Waals surface area contributed by atoms with Crippen LogP contribution in [0.1, 0.15) is 5.76 Å². The number of hydrogen-bond donors (Lipinski definition) is 1. The number of aryl methyl sites for hydroxylation is 1. The smallest absolute Gasteiger partial charge is 0.245 e. The standard InChI is InChI=1S/C7H7N3O/c1-4-2-5-7(11-4)9-3-6(8)10-5/h2-3H,1H3,(H2,8,10). The van der Waals surface area contributed by atoms with Gasteiger partial charge in [0.1, 0.15) is 17.1 Å². The molecular weight excluding hydrogens is 142 g/mol. The molecule has 0 aliphatic rings. The van der Waals surface area contributed by atoms with Crippen LogP contribution >= 0.6 is 0 Å². The topological polar surface area (TPSA) is 64.9 Å². The van der Waals surface area contributed by atoms with E-state index in [2.05, 4.69) is 9.97 Å². The Bertz CT molecular complexity index is 393. The van der Waals surface area contributed by atoms with Crippen molar-refractivity contribution < 1.29 is 4.42 Å². The number of nitrogens with two attached hydrogens (primary N) is 1. The van der Waals surface area contributed by atoms with Gasteiger partial charge in [-0.15, -0.1) is 0 Å². The molecule has 0 fully saturated rings. The van der Waals surface area contributed by atoms with Gasteiger partial charge in [0.05, 0.1) is 6.20 Å². The van der Waals surface area contributed by atoms with E-state index in [1.807, 2.05) is 6.92 Å².